The molecule has 2 nitrogen and oxygen atoms in total. The number of thioether (sulfide) groups is 1. The number of hydrogen-bond acceptors (Lipinski definition) is 3. The van der Waals surface area contributed by atoms with Gasteiger partial charge in [0, 0.05) is 11.3 Å². The van der Waals surface area contributed by atoms with Gasteiger partial charge in [-0.3, -0.25) is 0 Å². The van der Waals surface area contributed by atoms with Gasteiger partial charge in [0.1, 0.15) is 11.5 Å². The lowest BCUT2D eigenvalue weighted by molar-refractivity contribution is 0.292. The van der Waals surface area contributed by atoms with Gasteiger partial charge in [-0.2, -0.15) is 0 Å². The van der Waals surface area contributed by atoms with E-state index in [1.807, 2.05) is 0 Å². The molecule has 0 fully saturated rings. The van der Waals surface area contributed by atoms with Crippen molar-refractivity contribution in [3.63, 3.8) is 0 Å². The fraction of sp³-hybridized carbons (Fsp3) is 0.143. The molecule has 2 aromatic rings. The zero-order chi connectivity index (χ0) is 11.7. The minimum atomic E-state index is 0.136. The maximum Gasteiger partial charge on any atom is 0.152 e. The highest BCUT2D eigenvalue weighted by molar-refractivity contribution is 8.00. The molecule has 3 rings (SSSR count). The first-order chi connectivity index (χ1) is 8.31. The molecule has 0 spiro atoms. The predicted molar refractivity (Wildman–Crippen MR) is 68.5 cm³/mol. The average Bonchev–Trinajstić information content (AvgIpc) is 2.74. The lowest BCUT2D eigenvalue weighted by Gasteiger charge is -2.12. The SMILES string of the molecule is Oc1ccc(OC2Cc3ccccc3S2)cc1. The standard InChI is InChI=1S/C14H12O2S/c15-11-5-7-12(8-6-11)16-14-9-10-3-1-2-4-13(10)17-14/h1-8,14-15H,9H2. The van der Waals surface area contributed by atoms with Gasteiger partial charge in [0.2, 0.25) is 0 Å². The molecule has 0 bridgehead atoms. The van der Waals surface area contributed by atoms with Gasteiger partial charge in [-0.15, -0.1) is 0 Å². The van der Waals surface area contributed by atoms with Crippen LogP contribution in [0.4, 0.5) is 0 Å². The van der Waals surface area contributed by atoms with Gasteiger partial charge < -0.3 is 9.84 Å². The van der Waals surface area contributed by atoms with E-state index in [9.17, 15) is 5.11 Å². The molecule has 0 aromatic heterocycles. The van der Waals surface area contributed by atoms with Crippen molar-refractivity contribution in [1.82, 2.24) is 0 Å². The normalized spacial score (nSPS) is 17.8. The van der Waals surface area contributed by atoms with Crippen LogP contribution in [0.15, 0.2) is 53.4 Å². The number of hydrogen-bond donors (Lipinski definition) is 1. The molecule has 1 heterocycles. The Morgan fingerprint density at radius 1 is 1.06 bits per heavy atom. The third-order valence-electron chi connectivity index (χ3n) is 2.72. The second-order valence-electron chi connectivity index (χ2n) is 3.97. The number of ether oxygens (including phenoxy) is 1. The van der Waals surface area contributed by atoms with Gasteiger partial charge in [-0.05, 0) is 35.9 Å². The van der Waals surface area contributed by atoms with E-state index in [-0.39, 0.29) is 11.2 Å². The van der Waals surface area contributed by atoms with Crippen LogP contribution in [0, 0.1) is 0 Å². The Bertz CT molecular complexity index is 497. The van der Waals surface area contributed by atoms with Crippen LogP contribution in [0.1, 0.15) is 5.56 Å². The third-order valence-corrected chi connectivity index (χ3v) is 3.90. The van der Waals surface area contributed by atoms with Gasteiger partial charge in [-0.1, -0.05) is 30.0 Å². The van der Waals surface area contributed by atoms with Crippen molar-refractivity contribution < 1.29 is 9.84 Å². The number of phenols is 1. The van der Waals surface area contributed by atoms with Crippen LogP contribution in [0.2, 0.25) is 0 Å². The van der Waals surface area contributed by atoms with Crippen molar-refractivity contribution in [3.05, 3.63) is 54.1 Å². The van der Waals surface area contributed by atoms with Crippen LogP contribution in [0.3, 0.4) is 0 Å². The Morgan fingerprint density at radius 2 is 1.82 bits per heavy atom. The molecular formula is C14H12O2S. The zero-order valence-electron chi connectivity index (χ0n) is 9.17. The second kappa shape index (κ2) is 4.34. The molecule has 0 amide bonds. The number of rotatable bonds is 2. The lowest BCUT2D eigenvalue weighted by atomic mass is 10.2. The Hall–Kier alpha value is -1.61. The summed E-state index contributed by atoms with van der Waals surface area (Å²) in [6, 6.07) is 15.2. The average molecular weight is 244 g/mol. The Kier molecular flexibility index (Phi) is 2.69. The molecule has 0 saturated carbocycles. The van der Waals surface area contributed by atoms with Crippen molar-refractivity contribution in [2.45, 2.75) is 16.8 Å². The van der Waals surface area contributed by atoms with Gasteiger partial charge in [-0.25, -0.2) is 0 Å². The van der Waals surface area contributed by atoms with Crippen LogP contribution < -0.4 is 4.74 Å². The van der Waals surface area contributed by atoms with Crippen molar-refractivity contribution in [3.8, 4) is 11.5 Å². The number of fused-ring (bicyclic) bond motifs is 1. The van der Waals surface area contributed by atoms with Crippen LogP contribution in [-0.4, -0.2) is 10.5 Å². The first-order valence-corrected chi connectivity index (χ1v) is 6.39. The maximum atomic E-state index is 9.20. The second-order valence-corrected chi connectivity index (χ2v) is 5.17. The first kappa shape index (κ1) is 10.5. The summed E-state index contributed by atoms with van der Waals surface area (Å²) in [6.45, 7) is 0. The monoisotopic (exact) mass is 244 g/mol. The summed E-state index contributed by atoms with van der Waals surface area (Å²) in [5, 5.41) is 9.20. The molecule has 1 unspecified atom stereocenters. The van der Waals surface area contributed by atoms with E-state index in [1.165, 1.54) is 10.5 Å². The summed E-state index contributed by atoms with van der Waals surface area (Å²) >= 11 is 1.75. The zero-order valence-corrected chi connectivity index (χ0v) is 9.98. The highest BCUT2D eigenvalue weighted by Gasteiger charge is 2.23. The van der Waals surface area contributed by atoms with E-state index in [1.54, 1.807) is 36.0 Å². The fourth-order valence-electron chi connectivity index (χ4n) is 1.89. The van der Waals surface area contributed by atoms with Crippen molar-refractivity contribution in [1.29, 1.82) is 0 Å². The molecule has 1 atom stereocenters. The van der Waals surface area contributed by atoms with Gasteiger partial charge in [0.15, 0.2) is 5.44 Å². The molecule has 1 aliphatic rings. The highest BCUT2D eigenvalue weighted by atomic mass is 32.2. The first-order valence-electron chi connectivity index (χ1n) is 5.51. The maximum absolute atomic E-state index is 9.20. The van der Waals surface area contributed by atoms with E-state index < -0.39 is 0 Å². The van der Waals surface area contributed by atoms with Crippen molar-refractivity contribution in [2.24, 2.45) is 0 Å². The quantitative estimate of drug-likeness (QED) is 0.877. The van der Waals surface area contributed by atoms with Gasteiger partial charge in [0.05, 0.1) is 0 Å². The van der Waals surface area contributed by atoms with Crippen LogP contribution in [-0.2, 0) is 6.42 Å². The summed E-state index contributed by atoms with van der Waals surface area (Å²) in [6.07, 6.45) is 0.932. The number of aromatic hydroxyl groups is 1. The Morgan fingerprint density at radius 3 is 2.59 bits per heavy atom. The summed E-state index contributed by atoms with van der Waals surface area (Å²) in [4.78, 5) is 1.30. The molecule has 0 radical (unpaired) electrons. The van der Waals surface area contributed by atoms with Crippen molar-refractivity contribution >= 4 is 11.8 Å². The summed E-state index contributed by atoms with van der Waals surface area (Å²) < 4.78 is 5.86. The van der Waals surface area contributed by atoms with Crippen LogP contribution in [0.5, 0.6) is 11.5 Å². The third kappa shape index (κ3) is 2.24. The van der Waals surface area contributed by atoms with E-state index in [4.69, 9.17) is 4.74 Å². The van der Waals surface area contributed by atoms with E-state index in [2.05, 4.69) is 24.3 Å². The summed E-state index contributed by atoms with van der Waals surface area (Å²) in [7, 11) is 0. The molecular weight excluding hydrogens is 232 g/mol. The summed E-state index contributed by atoms with van der Waals surface area (Å²) in [5.74, 6) is 1.06. The highest BCUT2D eigenvalue weighted by Crippen LogP contribution is 2.37. The van der Waals surface area contributed by atoms with E-state index in [0.717, 1.165) is 12.2 Å². The van der Waals surface area contributed by atoms with E-state index >= 15 is 0 Å². The van der Waals surface area contributed by atoms with Gasteiger partial charge >= 0.3 is 0 Å². The molecule has 17 heavy (non-hydrogen) atoms. The summed E-state index contributed by atoms with van der Waals surface area (Å²) in [5.41, 5.74) is 1.48. The largest absolute Gasteiger partial charge is 0.508 e. The smallest absolute Gasteiger partial charge is 0.152 e. The van der Waals surface area contributed by atoms with Crippen LogP contribution >= 0.6 is 11.8 Å². The molecule has 3 heteroatoms. The van der Waals surface area contributed by atoms with Crippen molar-refractivity contribution in [2.75, 3.05) is 0 Å². The number of benzene rings is 2. The Balaban J connectivity index is 1.71. The predicted octanol–water partition coefficient (Wildman–Crippen LogP) is 3.45. The van der Waals surface area contributed by atoms with Crippen LogP contribution in [0.25, 0.3) is 0 Å². The Labute approximate surface area is 104 Å². The minimum Gasteiger partial charge on any atom is -0.508 e. The molecule has 0 saturated heterocycles. The lowest BCUT2D eigenvalue weighted by Crippen LogP contribution is -2.10. The molecule has 86 valence electrons. The molecule has 1 N–H and O–H groups in total. The number of phenolic OH excluding ortho intramolecular Hbond substituents is 1. The van der Waals surface area contributed by atoms with E-state index in [0.29, 0.717) is 0 Å². The topological polar surface area (TPSA) is 29.5 Å². The van der Waals surface area contributed by atoms with Gasteiger partial charge in [0.25, 0.3) is 0 Å². The fourth-order valence-corrected chi connectivity index (χ4v) is 3.06. The molecule has 0 aliphatic carbocycles. The molecule has 2 aromatic carbocycles. The minimum absolute atomic E-state index is 0.136. The molecule has 1 aliphatic heterocycles.